The fourth-order valence-electron chi connectivity index (χ4n) is 3.41. The molecule has 1 aromatic heterocycles. The lowest BCUT2D eigenvalue weighted by Gasteiger charge is -2.29. The predicted octanol–water partition coefficient (Wildman–Crippen LogP) is 3.89. The molecule has 0 radical (unpaired) electrons. The van der Waals surface area contributed by atoms with E-state index in [9.17, 15) is 4.79 Å². The molecular formula is C20H19ClN2O2. The van der Waals surface area contributed by atoms with E-state index in [0.717, 1.165) is 29.6 Å². The van der Waals surface area contributed by atoms with Gasteiger partial charge >= 0.3 is 0 Å². The Bertz CT molecular complexity index is 948. The summed E-state index contributed by atoms with van der Waals surface area (Å²) in [6.07, 6.45) is 2.82. The number of ether oxygens (including phenoxy) is 1. The molecule has 0 aliphatic carbocycles. The van der Waals surface area contributed by atoms with E-state index in [0.29, 0.717) is 18.1 Å². The van der Waals surface area contributed by atoms with Gasteiger partial charge < -0.3 is 14.2 Å². The molecule has 2 aromatic carbocycles. The quantitative estimate of drug-likeness (QED) is 0.715. The monoisotopic (exact) mass is 354 g/mol. The number of benzene rings is 2. The molecular weight excluding hydrogens is 336 g/mol. The second-order valence-electron chi connectivity index (χ2n) is 6.35. The van der Waals surface area contributed by atoms with Crippen molar-refractivity contribution in [3.05, 3.63) is 64.8 Å². The summed E-state index contributed by atoms with van der Waals surface area (Å²) in [7, 11) is 1.66. The van der Waals surface area contributed by atoms with Crippen LogP contribution in [0.15, 0.2) is 48.7 Å². The Hall–Kier alpha value is -2.46. The van der Waals surface area contributed by atoms with Gasteiger partial charge in [0.25, 0.3) is 0 Å². The molecule has 1 aliphatic heterocycles. The molecule has 128 valence electrons. The maximum atomic E-state index is 12.8. The summed E-state index contributed by atoms with van der Waals surface area (Å²) in [5.41, 5.74) is 3.45. The molecule has 0 spiro atoms. The van der Waals surface area contributed by atoms with Crippen LogP contribution in [0.2, 0.25) is 5.02 Å². The van der Waals surface area contributed by atoms with Crippen molar-refractivity contribution in [1.29, 1.82) is 0 Å². The fourth-order valence-corrected chi connectivity index (χ4v) is 3.58. The van der Waals surface area contributed by atoms with Gasteiger partial charge in [-0.2, -0.15) is 0 Å². The topological polar surface area (TPSA) is 34.5 Å². The molecule has 0 atom stereocenters. The van der Waals surface area contributed by atoms with E-state index in [2.05, 4.69) is 6.07 Å². The van der Waals surface area contributed by atoms with Crippen LogP contribution in [0.4, 0.5) is 0 Å². The average Bonchev–Trinajstić information content (AvgIpc) is 3.02. The van der Waals surface area contributed by atoms with E-state index in [1.165, 1.54) is 11.1 Å². The molecule has 3 aromatic rings. The largest absolute Gasteiger partial charge is 0.497 e. The van der Waals surface area contributed by atoms with Crippen LogP contribution in [-0.2, 0) is 24.3 Å². The Morgan fingerprint density at radius 3 is 2.88 bits per heavy atom. The summed E-state index contributed by atoms with van der Waals surface area (Å²) in [5, 5.41) is 1.77. The van der Waals surface area contributed by atoms with Gasteiger partial charge in [0.2, 0.25) is 5.91 Å². The molecule has 25 heavy (non-hydrogen) atoms. The summed E-state index contributed by atoms with van der Waals surface area (Å²) in [4.78, 5) is 14.7. The van der Waals surface area contributed by atoms with Gasteiger partial charge in [0, 0.05) is 29.8 Å². The van der Waals surface area contributed by atoms with Crippen LogP contribution in [-0.4, -0.2) is 29.0 Å². The first-order chi connectivity index (χ1) is 12.1. The lowest BCUT2D eigenvalue weighted by atomic mass is 9.99. The number of hydrogen-bond donors (Lipinski definition) is 0. The standard InChI is InChI=1S/C20H19ClN2O2/c1-25-18-5-3-14-6-9-23(12-16(14)10-18)20(24)13-22-8-7-15-2-4-17(21)11-19(15)22/h2-5,7-8,10-11H,6,9,12-13H2,1H3. The molecule has 1 amide bonds. The highest BCUT2D eigenvalue weighted by molar-refractivity contribution is 6.31. The second-order valence-corrected chi connectivity index (χ2v) is 6.78. The Labute approximate surface area is 151 Å². The number of nitrogens with zero attached hydrogens (tertiary/aromatic N) is 2. The van der Waals surface area contributed by atoms with Crippen molar-refractivity contribution in [2.75, 3.05) is 13.7 Å². The average molecular weight is 355 g/mol. The first kappa shape index (κ1) is 16.0. The summed E-state index contributed by atoms with van der Waals surface area (Å²) in [6, 6.07) is 13.9. The Morgan fingerprint density at radius 2 is 2.04 bits per heavy atom. The van der Waals surface area contributed by atoms with Crippen molar-refractivity contribution in [3.63, 3.8) is 0 Å². The third-order valence-electron chi connectivity index (χ3n) is 4.82. The maximum absolute atomic E-state index is 12.8. The zero-order valence-corrected chi connectivity index (χ0v) is 14.8. The van der Waals surface area contributed by atoms with Crippen molar-refractivity contribution in [1.82, 2.24) is 9.47 Å². The van der Waals surface area contributed by atoms with E-state index in [1.54, 1.807) is 7.11 Å². The van der Waals surface area contributed by atoms with Crippen molar-refractivity contribution in [2.24, 2.45) is 0 Å². The van der Waals surface area contributed by atoms with Crippen LogP contribution in [0.1, 0.15) is 11.1 Å². The highest BCUT2D eigenvalue weighted by Gasteiger charge is 2.21. The number of hydrogen-bond acceptors (Lipinski definition) is 2. The summed E-state index contributed by atoms with van der Waals surface area (Å²) in [5.74, 6) is 0.949. The molecule has 4 nitrogen and oxygen atoms in total. The van der Waals surface area contributed by atoms with E-state index in [1.807, 2.05) is 52.1 Å². The van der Waals surface area contributed by atoms with Crippen LogP contribution in [0.25, 0.3) is 10.9 Å². The molecule has 0 saturated heterocycles. The van der Waals surface area contributed by atoms with Gasteiger partial charge in [-0.25, -0.2) is 0 Å². The molecule has 0 unspecified atom stereocenters. The molecule has 4 rings (SSSR count). The van der Waals surface area contributed by atoms with Gasteiger partial charge in [-0.15, -0.1) is 0 Å². The fraction of sp³-hybridized carbons (Fsp3) is 0.250. The number of aromatic nitrogens is 1. The minimum Gasteiger partial charge on any atom is -0.497 e. The highest BCUT2D eigenvalue weighted by atomic mass is 35.5. The van der Waals surface area contributed by atoms with Crippen molar-refractivity contribution < 1.29 is 9.53 Å². The maximum Gasteiger partial charge on any atom is 0.242 e. The first-order valence-corrected chi connectivity index (χ1v) is 8.70. The zero-order valence-electron chi connectivity index (χ0n) is 14.0. The van der Waals surface area contributed by atoms with Crippen LogP contribution in [0.5, 0.6) is 5.75 Å². The van der Waals surface area contributed by atoms with E-state index >= 15 is 0 Å². The van der Waals surface area contributed by atoms with Crippen LogP contribution >= 0.6 is 11.6 Å². The third-order valence-corrected chi connectivity index (χ3v) is 5.06. The molecule has 0 N–H and O–H groups in total. The van der Waals surface area contributed by atoms with Gasteiger partial charge in [0.05, 0.1) is 7.11 Å². The third kappa shape index (κ3) is 3.10. The van der Waals surface area contributed by atoms with Crippen LogP contribution in [0.3, 0.4) is 0 Å². The Kier molecular flexibility index (Phi) is 4.14. The Morgan fingerprint density at radius 1 is 1.16 bits per heavy atom. The highest BCUT2D eigenvalue weighted by Crippen LogP contribution is 2.25. The first-order valence-electron chi connectivity index (χ1n) is 8.32. The minimum absolute atomic E-state index is 0.117. The molecule has 0 saturated carbocycles. The SMILES string of the molecule is COc1ccc2c(c1)CN(C(=O)Cn1ccc3ccc(Cl)cc31)CC2. The van der Waals surface area contributed by atoms with Gasteiger partial charge in [-0.1, -0.05) is 23.7 Å². The number of fused-ring (bicyclic) bond motifs is 2. The predicted molar refractivity (Wildman–Crippen MR) is 99.1 cm³/mol. The van der Waals surface area contributed by atoms with Gasteiger partial charge in [0.1, 0.15) is 12.3 Å². The number of halogens is 1. The minimum atomic E-state index is 0.117. The molecule has 1 aliphatic rings. The van der Waals surface area contributed by atoms with Crippen molar-refractivity contribution in [3.8, 4) is 5.75 Å². The number of carbonyl (C=O) groups excluding carboxylic acids is 1. The summed E-state index contributed by atoms with van der Waals surface area (Å²) < 4.78 is 7.26. The lowest BCUT2D eigenvalue weighted by Crippen LogP contribution is -2.37. The number of methoxy groups -OCH3 is 1. The Balaban J connectivity index is 1.54. The van der Waals surface area contributed by atoms with Crippen LogP contribution in [0, 0.1) is 0 Å². The van der Waals surface area contributed by atoms with Gasteiger partial charge in [-0.05, 0) is 53.3 Å². The zero-order chi connectivity index (χ0) is 17.4. The van der Waals surface area contributed by atoms with Gasteiger partial charge in [-0.3, -0.25) is 4.79 Å². The summed E-state index contributed by atoms with van der Waals surface area (Å²) in [6.45, 7) is 1.70. The summed E-state index contributed by atoms with van der Waals surface area (Å²) >= 11 is 6.10. The van der Waals surface area contributed by atoms with E-state index < -0.39 is 0 Å². The van der Waals surface area contributed by atoms with Gasteiger partial charge in [0.15, 0.2) is 0 Å². The molecule has 0 fully saturated rings. The van der Waals surface area contributed by atoms with E-state index in [4.69, 9.17) is 16.3 Å². The number of amides is 1. The second kappa shape index (κ2) is 6.45. The molecule has 2 heterocycles. The molecule has 0 bridgehead atoms. The van der Waals surface area contributed by atoms with E-state index in [-0.39, 0.29) is 5.91 Å². The van der Waals surface area contributed by atoms with Crippen LogP contribution < -0.4 is 4.74 Å². The normalized spacial score (nSPS) is 13.8. The van der Waals surface area contributed by atoms with Crippen molar-refractivity contribution in [2.45, 2.75) is 19.5 Å². The number of carbonyl (C=O) groups is 1. The smallest absolute Gasteiger partial charge is 0.242 e. The number of rotatable bonds is 3. The van der Waals surface area contributed by atoms with Crippen molar-refractivity contribution >= 4 is 28.4 Å². The lowest BCUT2D eigenvalue weighted by molar-refractivity contribution is -0.132. The molecule has 5 heteroatoms.